The minimum absolute atomic E-state index is 0.640. The van der Waals surface area contributed by atoms with Crippen molar-refractivity contribution in [3.8, 4) is 0 Å². The number of benzene rings is 4. The topological polar surface area (TPSA) is 70.6 Å². The van der Waals surface area contributed by atoms with E-state index >= 15 is 0 Å². The summed E-state index contributed by atoms with van der Waals surface area (Å²) in [7, 11) is 0. The van der Waals surface area contributed by atoms with Gasteiger partial charge < -0.3 is 5.32 Å². The van der Waals surface area contributed by atoms with E-state index in [0.717, 1.165) is 38.2 Å². The summed E-state index contributed by atoms with van der Waals surface area (Å²) in [5.74, 6) is -1.58. The number of fused-ring (bicyclic) bond motifs is 2. The third-order valence-corrected chi connectivity index (χ3v) is 5.10. The molecule has 0 aromatic heterocycles. The zero-order chi connectivity index (χ0) is 21.1. The van der Waals surface area contributed by atoms with E-state index in [1.165, 1.54) is 0 Å². The van der Waals surface area contributed by atoms with Crippen molar-refractivity contribution in [1.29, 1.82) is 0 Å². The number of amides is 2. The van der Waals surface area contributed by atoms with Crippen molar-refractivity contribution in [2.24, 2.45) is 5.10 Å². The van der Waals surface area contributed by atoms with Gasteiger partial charge in [-0.25, -0.2) is 5.43 Å². The Labute approximate surface area is 174 Å². The van der Waals surface area contributed by atoms with Crippen molar-refractivity contribution in [2.75, 3.05) is 5.32 Å². The van der Waals surface area contributed by atoms with E-state index in [0.29, 0.717) is 5.69 Å². The van der Waals surface area contributed by atoms with E-state index in [2.05, 4.69) is 21.9 Å². The highest BCUT2D eigenvalue weighted by molar-refractivity contribution is 6.39. The fourth-order valence-electron chi connectivity index (χ4n) is 3.58. The molecule has 0 unspecified atom stereocenters. The van der Waals surface area contributed by atoms with Gasteiger partial charge >= 0.3 is 11.8 Å². The monoisotopic (exact) mass is 395 g/mol. The average molecular weight is 395 g/mol. The second-order valence-electron chi connectivity index (χ2n) is 7.15. The van der Waals surface area contributed by atoms with Gasteiger partial charge in [0.1, 0.15) is 0 Å². The Morgan fingerprint density at radius 3 is 1.93 bits per heavy atom. The third-order valence-electron chi connectivity index (χ3n) is 5.10. The number of anilines is 1. The molecule has 4 aromatic carbocycles. The summed E-state index contributed by atoms with van der Waals surface area (Å²) in [6.45, 7) is 3.76. The van der Waals surface area contributed by atoms with Crippen LogP contribution in [0.1, 0.15) is 16.7 Å². The van der Waals surface area contributed by atoms with Crippen molar-refractivity contribution in [3.05, 3.63) is 89.5 Å². The van der Waals surface area contributed by atoms with E-state index in [-0.39, 0.29) is 0 Å². The van der Waals surface area contributed by atoms with Crippen LogP contribution in [0.25, 0.3) is 21.5 Å². The molecule has 0 saturated heterocycles. The minimum Gasteiger partial charge on any atom is -0.317 e. The second kappa shape index (κ2) is 8.17. The second-order valence-corrected chi connectivity index (χ2v) is 7.15. The molecule has 0 bridgehead atoms. The highest BCUT2D eigenvalue weighted by Gasteiger charge is 2.15. The quantitative estimate of drug-likeness (QED) is 0.228. The lowest BCUT2D eigenvalue weighted by Gasteiger charge is -2.10. The van der Waals surface area contributed by atoms with Crippen molar-refractivity contribution < 1.29 is 9.59 Å². The normalized spacial score (nSPS) is 11.1. The minimum atomic E-state index is -0.821. The molecule has 2 amide bonds. The maximum Gasteiger partial charge on any atom is 0.329 e. The van der Waals surface area contributed by atoms with E-state index in [1.807, 2.05) is 80.6 Å². The van der Waals surface area contributed by atoms with Gasteiger partial charge in [-0.15, -0.1) is 0 Å². The molecule has 0 aliphatic heterocycles. The number of rotatable bonds is 3. The maximum atomic E-state index is 12.3. The third kappa shape index (κ3) is 3.78. The molecule has 0 aliphatic rings. The molecule has 0 heterocycles. The highest BCUT2D eigenvalue weighted by atomic mass is 16.2. The Hall–Kier alpha value is -3.99. The molecule has 30 heavy (non-hydrogen) atoms. The fraction of sp³-hybridized carbons (Fsp3) is 0.0800. The summed E-state index contributed by atoms with van der Waals surface area (Å²) in [6.07, 6.45) is 1.59. The van der Waals surface area contributed by atoms with Crippen molar-refractivity contribution in [2.45, 2.75) is 13.8 Å². The number of hydrogen-bond acceptors (Lipinski definition) is 3. The van der Waals surface area contributed by atoms with Gasteiger partial charge in [0.25, 0.3) is 0 Å². The smallest absolute Gasteiger partial charge is 0.317 e. The lowest BCUT2D eigenvalue weighted by molar-refractivity contribution is -0.136. The number of aryl methyl sites for hydroxylation is 2. The van der Waals surface area contributed by atoms with Gasteiger partial charge in [0.15, 0.2) is 0 Å². The van der Waals surface area contributed by atoms with Gasteiger partial charge in [-0.2, -0.15) is 5.10 Å². The number of hydrazone groups is 1. The Kier molecular flexibility index (Phi) is 5.26. The standard InChI is InChI=1S/C25H21N3O2/c1-16-8-7-9-17(2)23(16)27-24(29)25(30)28-26-15-22-20-12-5-3-10-18(20)14-19-11-4-6-13-21(19)22/h3-15H,1-2H3,(H,27,29)(H,28,30)/b26-15-. The number of nitrogens with zero attached hydrogens (tertiary/aromatic N) is 1. The first-order valence-electron chi connectivity index (χ1n) is 9.65. The largest absolute Gasteiger partial charge is 0.329 e. The van der Waals surface area contributed by atoms with Crippen LogP contribution < -0.4 is 10.7 Å². The lowest BCUT2D eigenvalue weighted by Crippen LogP contribution is -2.32. The van der Waals surface area contributed by atoms with E-state index < -0.39 is 11.8 Å². The molecule has 4 aromatic rings. The Bertz CT molecular complexity index is 1230. The Morgan fingerprint density at radius 1 is 0.767 bits per heavy atom. The zero-order valence-corrected chi connectivity index (χ0v) is 16.8. The first kappa shape index (κ1) is 19.3. The number of hydrogen-bond donors (Lipinski definition) is 2. The van der Waals surface area contributed by atoms with Crippen LogP contribution in [-0.4, -0.2) is 18.0 Å². The molecule has 5 nitrogen and oxygen atoms in total. The fourth-order valence-corrected chi connectivity index (χ4v) is 3.58. The molecule has 2 N–H and O–H groups in total. The van der Waals surface area contributed by atoms with Gasteiger partial charge in [0, 0.05) is 11.3 Å². The molecule has 0 saturated carbocycles. The van der Waals surface area contributed by atoms with Gasteiger partial charge in [0.05, 0.1) is 6.21 Å². The number of carbonyl (C=O) groups is 2. The molecule has 148 valence electrons. The predicted molar refractivity (Wildman–Crippen MR) is 122 cm³/mol. The van der Waals surface area contributed by atoms with Crippen molar-refractivity contribution in [1.82, 2.24) is 5.43 Å². The summed E-state index contributed by atoms with van der Waals surface area (Å²) >= 11 is 0. The van der Waals surface area contributed by atoms with Gasteiger partial charge in [-0.1, -0.05) is 66.7 Å². The molecule has 0 radical (unpaired) electrons. The van der Waals surface area contributed by atoms with Gasteiger partial charge in [-0.3, -0.25) is 9.59 Å². The Morgan fingerprint density at radius 2 is 1.33 bits per heavy atom. The lowest BCUT2D eigenvalue weighted by atomic mass is 9.97. The molecule has 0 atom stereocenters. The summed E-state index contributed by atoms with van der Waals surface area (Å²) in [5, 5.41) is 10.9. The molecule has 0 spiro atoms. The van der Waals surface area contributed by atoms with Crippen LogP contribution in [0.4, 0.5) is 5.69 Å². The predicted octanol–water partition coefficient (Wildman–Crippen LogP) is 4.70. The van der Waals surface area contributed by atoms with Crippen LogP contribution in [0.5, 0.6) is 0 Å². The van der Waals surface area contributed by atoms with Gasteiger partial charge in [0.2, 0.25) is 0 Å². The van der Waals surface area contributed by atoms with Crippen LogP contribution in [-0.2, 0) is 9.59 Å². The SMILES string of the molecule is Cc1cccc(C)c1NC(=O)C(=O)N/N=C\c1c2ccccc2cc2ccccc12. The molecular formula is C25H21N3O2. The highest BCUT2D eigenvalue weighted by Crippen LogP contribution is 2.27. The van der Waals surface area contributed by atoms with Crippen LogP contribution >= 0.6 is 0 Å². The molecule has 0 aliphatic carbocycles. The van der Waals surface area contributed by atoms with Crippen LogP contribution in [0.3, 0.4) is 0 Å². The first-order valence-corrected chi connectivity index (χ1v) is 9.65. The summed E-state index contributed by atoms with van der Waals surface area (Å²) in [5.41, 5.74) is 5.65. The van der Waals surface area contributed by atoms with Crippen molar-refractivity contribution >= 4 is 45.3 Å². The zero-order valence-electron chi connectivity index (χ0n) is 16.8. The summed E-state index contributed by atoms with van der Waals surface area (Å²) in [4.78, 5) is 24.5. The van der Waals surface area contributed by atoms with E-state index in [4.69, 9.17) is 0 Å². The maximum absolute atomic E-state index is 12.3. The van der Waals surface area contributed by atoms with E-state index in [1.54, 1.807) is 6.21 Å². The Balaban J connectivity index is 1.57. The van der Waals surface area contributed by atoms with E-state index in [9.17, 15) is 9.59 Å². The van der Waals surface area contributed by atoms with Crippen LogP contribution in [0, 0.1) is 13.8 Å². The average Bonchev–Trinajstić information content (AvgIpc) is 2.75. The first-order chi connectivity index (χ1) is 14.5. The molecule has 4 rings (SSSR count). The van der Waals surface area contributed by atoms with Crippen molar-refractivity contribution in [3.63, 3.8) is 0 Å². The molecule has 5 heteroatoms. The summed E-state index contributed by atoms with van der Waals surface area (Å²) in [6, 6.07) is 23.8. The number of nitrogens with one attached hydrogen (secondary N) is 2. The summed E-state index contributed by atoms with van der Waals surface area (Å²) < 4.78 is 0. The number of carbonyl (C=O) groups excluding carboxylic acids is 2. The van der Waals surface area contributed by atoms with Gasteiger partial charge in [-0.05, 0) is 52.6 Å². The number of para-hydroxylation sites is 1. The molecular weight excluding hydrogens is 374 g/mol. The van der Waals surface area contributed by atoms with Crippen LogP contribution in [0.15, 0.2) is 77.9 Å². The van der Waals surface area contributed by atoms with Crippen LogP contribution in [0.2, 0.25) is 0 Å². The molecule has 0 fully saturated rings.